The summed E-state index contributed by atoms with van der Waals surface area (Å²) in [7, 11) is 1.81. The summed E-state index contributed by atoms with van der Waals surface area (Å²) in [5, 5.41) is 2.14. The van der Waals surface area contributed by atoms with Crippen LogP contribution in [0, 0.1) is 0 Å². The molecule has 0 aliphatic carbocycles. The molecule has 0 fully saturated rings. The predicted octanol–water partition coefficient (Wildman–Crippen LogP) is -1.58. The lowest BCUT2D eigenvalue weighted by Crippen LogP contribution is -2.86. The summed E-state index contributed by atoms with van der Waals surface area (Å²) in [5.74, 6) is 0. The predicted molar refractivity (Wildman–Crippen MR) is 24.6 cm³/mol. The van der Waals surface area contributed by atoms with Gasteiger partial charge in [0, 0.05) is 12.2 Å². The Morgan fingerprint density at radius 3 is 2.20 bits per heavy atom. The number of hydrogen-bond acceptors (Lipinski definition) is 1. The minimum atomic E-state index is 0.463. The van der Waals surface area contributed by atoms with E-state index < -0.39 is 0 Å². The molecule has 2 nitrogen and oxygen atoms in total. The summed E-state index contributed by atoms with van der Waals surface area (Å²) in [6.07, 6.45) is 0. The molecule has 0 aliphatic heterocycles. The molecule has 0 unspecified atom stereocenters. The van der Waals surface area contributed by atoms with E-state index in [9.17, 15) is 0 Å². The monoisotopic (exact) mass is 91.0 g/mol. The molecule has 4 N–H and O–H groups in total. The molecule has 0 aromatic rings. The number of hydrogen-bond donors (Lipinski definition) is 2. The van der Waals surface area contributed by atoms with Crippen LogP contribution in [0.1, 0.15) is 0 Å². The summed E-state index contributed by atoms with van der Waals surface area (Å²) >= 11 is 4.42. The lowest BCUT2D eigenvalue weighted by Gasteiger charge is -1.78. The van der Waals surface area contributed by atoms with Gasteiger partial charge in [-0.15, -0.1) is 0 Å². The largest absolute Gasteiger partial charge is 0.345 e. The maximum Gasteiger partial charge on any atom is 0.263 e. The fourth-order valence-electron chi connectivity index (χ4n) is 0. The molecule has 0 saturated carbocycles. The third kappa shape index (κ3) is 3.85. The van der Waals surface area contributed by atoms with E-state index in [2.05, 4.69) is 12.2 Å². The van der Waals surface area contributed by atoms with Crippen LogP contribution < -0.4 is 11.1 Å². The average molecular weight is 91.2 g/mol. The second-order valence-corrected chi connectivity index (χ2v) is 1.16. The van der Waals surface area contributed by atoms with Gasteiger partial charge in [0.25, 0.3) is 5.11 Å². The maximum atomic E-state index is 4.97. The fraction of sp³-hybridized carbons (Fsp3) is 0.500. The zero-order chi connectivity index (χ0) is 4.28. The Morgan fingerprint density at radius 1 is 2.00 bits per heavy atom. The summed E-state index contributed by atoms with van der Waals surface area (Å²) in [5.41, 5.74) is 4.97. The Balaban J connectivity index is 2.85. The van der Waals surface area contributed by atoms with Gasteiger partial charge >= 0.3 is 0 Å². The molecular formula is C2H7N2S+. The van der Waals surface area contributed by atoms with Crippen LogP contribution in [0.15, 0.2) is 0 Å². The topological polar surface area (TPSA) is 42.6 Å². The van der Waals surface area contributed by atoms with Gasteiger partial charge in [0.15, 0.2) is 0 Å². The smallest absolute Gasteiger partial charge is 0.263 e. The summed E-state index contributed by atoms with van der Waals surface area (Å²) in [4.78, 5) is 0. The number of quaternary nitrogens is 1. The first-order valence-corrected chi connectivity index (χ1v) is 1.77. The second-order valence-electron chi connectivity index (χ2n) is 0.691. The summed E-state index contributed by atoms with van der Waals surface area (Å²) in [6.45, 7) is 0. The van der Waals surface area contributed by atoms with E-state index in [4.69, 9.17) is 5.73 Å². The van der Waals surface area contributed by atoms with Crippen molar-refractivity contribution in [1.29, 1.82) is 0 Å². The molecule has 0 amide bonds. The molecular weight excluding hydrogens is 84.1 g/mol. The third-order valence-corrected chi connectivity index (χ3v) is 0.520. The van der Waals surface area contributed by atoms with Gasteiger partial charge in [0.2, 0.25) is 0 Å². The molecule has 0 aromatic heterocycles. The zero-order valence-corrected chi connectivity index (χ0v) is 3.88. The van der Waals surface area contributed by atoms with Gasteiger partial charge < -0.3 is 5.73 Å². The number of thiocarbonyl (C=S) groups is 1. The van der Waals surface area contributed by atoms with Crippen LogP contribution in [0.4, 0.5) is 0 Å². The van der Waals surface area contributed by atoms with Crippen molar-refractivity contribution < 1.29 is 5.32 Å². The molecule has 3 heteroatoms. The molecule has 0 radical (unpaired) electrons. The zero-order valence-electron chi connectivity index (χ0n) is 3.06. The minimum absolute atomic E-state index is 0.463. The maximum absolute atomic E-state index is 4.97. The van der Waals surface area contributed by atoms with Gasteiger partial charge in [-0.2, -0.15) is 0 Å². The minimum Gasteiger partial charge on any atom is -0.345 e. The highest BCUT2D eigenvalue weighted by molar-refractivity contribution is 7.79. The first kappa shape index (κ1) is 4.85. The van der Waals surface area contributed by atoms with Crippen LogP contribution in [0.2, 0.25) is 0 Å². The lowest BCUT2D eigenvalue weighted by molar-refractivity contribution is -0.503. The van der Waals surface area contributed by atoms with E-state index in [1.54, 1.807) is 5.32 Å². The van der Waals surface area contributed by atoms with Crippen LogP contribution >= 0.6 is 12.2 Å². The van der Waals surface area contributed by atoms with E-state index in [-0.39, 0.29) is 0 Å². The average Bonchev–Trinajstić information content (AvgIpc) is 1.38. The molecule has 30 valence electrons. The second kappa shape index (κ2) is 2.11. The SMILES string of the molecule is C[NH2+]C(N)=S. The molecule has 0 aromatic carbocycles. The first-order valence-electron chi connectivity index (χ1n) is 1.36. The number of rotatable bonds is 0. The molecule has 0 saturated heterocycles. The Hall–Kier alpha value is -0.150. The normalized spacial score (nSPS) is 7.40. The highest BCUT2D eigenvalue weighted by Crippen LogP contribution is 1.30. The molecule has 0 atom stereocenters. The van der Waals surface area contributed by atoms with Gasteiger partial charge in [-0.05, 0) is 0 Å². The molecule has 0 aliphatic rings. The van der Waals surface area contributed by atoms with Gasteiger partial charge in [-0.3, -0.25) is 5.32 Å². The highest BCUT2D eigenvalue weighted by atomic mass is 32.1. The Morgan fingerprint density at radius 2 is 2.20 bits per heavy atom. The van der Waals surface area contributed by atoms with Crippen molar-refractivity contribution in [3.8, 4) is 0 Å². The Bertz CT molecular complexity index is 42.9. The highest BCUT2D eigenvalue weighted by Gasteiger charge is 1.74. The summed E-state index contributed by atoms with van der Waals surface area (Å²) in [6, 6.07) is 0. The van der Waals surface area contributed by atoms with Crippen molar-refractivity contribution in [3.63, 3.8) is 0 Å². The van der Waals surface area contributed by atoms with Gasteiger partial charge in [0.05, 0.1) is 7.05 Å². The van der Waals surface area contributed by atoms with Gasteiger partial charge in [0.1, 0.15) is 0 Å². The molecule has 0 bridgehead atoms. The van der Waals surface area contributed by atoms with Crippen LogP contribution in [-0.2, 0) is 0 Å². The Labute approximate surface area is 36.4 Å². The van der Waals surface area contributed by atoms with Crippen LogP contribution in [0.5, 0.6) is 0 Å². The van der Waals surface area contributed by atoms with Crippen LogP contribution in [0.3, 0.4) is 0 Å². The molecule has 0 rings (SSSR count). The van der Waals surface area contributed by atoms with E-state index in [0.29, 0.717) is 5.11 Å². The van der Waals surface area contributed by atoms with Gasteiger partial charge in [-0.25, -0.2) is 0 Å². The molecule has 0 heterocycles. The Kier molecular flexibility index (Phi) is 2.05. The molecule has 5 heavy (non-hydrogen) atoms. The van der Waals surface area contributed by atoms with E-state index in [1.807, 2.05) is 7.05 Å². The third-order valence-electron chi connectivity index (χ3n) is 0.285. The van der Waals surface area contributed by atoms with Crippen molar-refractivity contribution >= 4 is 17.3 Å². The van der Waals surface area contributed by atoms with Gasteiger partial charge in [-0.1, -0.05) is 0 Å². The first-order chi connectivity index (χ1) is 2.27. The summed E-state index contributed by atoms with van der Waals surface area (Å²) < 4.78 is 0. The van der Waals surface area contributed by atoms with E-state index in [1.165, 1.54) is 0 Å². The lowest BCUT2D eigenvalue weighted by atomic mass is 11.1. The van der Waals surface area contributed by atoms with Crippen molar-refractivity contribution in [2.24, 2.45) is 5.73 Å². The van der Waals surface area contributed by atoms with E-state index >= 15 is 0 Å². The number of nitrogens with two attached hydrogens (primary N) is 2. The fourth-order valence-corrected chi connectivity index (χ4v) is 0. The van der Waals surface area contributed by atoms with Crippen molar-refractivity contribution in [3.05, 3.63) is 0 Å². The standard InChI is InChI=1S/C2H6N2S/c1-4-2(3)5/h1H3,(H3,3,4,5)/p+1. The quantitative estimate of drug-likeness (QED) is 0.353. The van der Waals surface area contributed by atoms with Crippen LogP contribution in [0.25, 0.3) is 0 Å². The van der Waals surface area contributed by atoms with E-state index in [0.717, 1.165) is 0 Å². The van der Waals surface area contributed by atoms with Crippen LogP contribution in [-0.4, -0.2) is 12.2 Å². The van der Waals surface area contributed by atoms with Crippen molar-refractivity contribution in [2.45, 2.75) is 0 Å². The van der Waals surface area contributed by atoms with Crippen molar-refractivity contribution in [2.75, 3.05) is 7.05 Å². The molecule has 0 spiro atoms. The van der Waals surface area contributed by atoms with Crippen molar-refractivity contribution in [1.82, 2.24) is 0 Å².